The van der Waals surface area contributed by atoms with Gasteiger partial charge < -0.3 is 4.90 Å². The van der Waals surface area contributed by atoms with Gasteiger partial charge in [-0.2, -0.15) is 5.26 Å². The Kier molecular flexibility index (Phi) is 0.883. The van der Waals surface area contributed by atoms with Crippen LogP contribution >= 0.6 is 0 Å². The predicted octanol–water partition coefficient (Wildman–Crippen LogP) is 0.852. The fourth-order valence-electron chi connectivity index (χ4n) is 3.40. The minimum atomic E-state index is 0.0891. The van der Waals surface area contributed by atoms with Crippen molar-refractivity contribution >= 4 is 0 Å². The highest BCUT2D eigenvalue weighted by Crippen LogP contribution is 2.54. The molecule has 0 spiro atoms. The van der Waals surface area contributed by atoms with Crippen LogP contribution < -0.4 is 0 Å². The molecule has 4 rings (SSSR count). The fraction of sp³-hybridized carbons (Fsp3) is 0.889. The largest absolute Gasteiger partial charge is 0.301 e. The van der Waals surface area contributed by atoms with Gasteiger partial charge in [-0.25, -0.2) is 0 Å². The highest BCUT2D eigenvalue weighted by molar-refractivity contribution is 5.15. The number of rotatable bonds is 0. The molecule has 11 heavy (non-hydrogen) atoms. The molecule has 4 fully saturated rings. The van der Waals surface area contributed by atoms with Crippen molar-refractivity contribution in [3.05, 3.63) is 0 Å². The Hall–Kier alpha value is -0.550. The van der Waals surface area contributed by atoms with Crippen molar-refractivity contribution < 1.29 is 0 Å². The van der Waals surface area contributed by atoms with Crippen LogP contribution in [0.4, 0.5) is 0 Å². The first-order valence-corrected chi connectivity index (χ1v) is 4.45. The predicted molar refractivity (Wildman–Crippen MR) is 40.7 cm³/mol. The minimum Gasteiger partial charge on any atom is -0.301 e. The second-order valence-corrected chi connectivity index (χ2v) is 4.51. The summed E-state index contributed by atoms with van der Waals surface area (Å²) in [5.74, 6) is 1.76. The molecule has 0 radical (unpaired) electrons. The Morgan fingerprint density at radius 2 is 1.91 bits per heavy atom. The lowest BCUT2D eigenvalue weighted by Crippen LogP contribution is -2.41. The van der Waals surface area contributed by atoms with E-state index in [2.05, 4.69) is 11.0 Å². The first-order chi connectivity index (χ1) is 5.31. The van der Waals surface area contributed by atoms with Crippen molar-refractivity contribution in [3.63, 3.8) is 0 Å². The standard InChI is InChI=1S/C9H12N2/c10-5-9-1-7-3-11(6-9)4-8(7)2-9/h7-8H,1-4,6H2. The smallest absolute Gasteiger partial charge is 0.0707 e. The van der Waals surface area contributed by atoms with Gasteiger partial charge in [-0.3, -0.25) is 0 Å². The molecule has 1 aliphatic carbocycles. The van der Waals surface area contributed by atoms with Crippen molar-refractivity contribution in [2.24, 2.45) is 17.3 Å². The summed E-state index contributed by atoms with van der Waals surface area (Å²) in [6.45, 7) is 3.64. The van der Waals surface area contributed by atoms with Crippen LogP contribution in [0.5, 0.6) is 0 Å². The first-order valence-electron chi connectivity index (χ1n) is 4.45. The van der Waals surface area contributed by atoms with E-state index >= 15 is 0 Å². The van der Waals surface area contributed by atoms with Gasteiger partial charge in [0.25, 0.3) is 0 Å². The highest BCUT2D eigenvalue weighted by atomic mass is 15.2. The lowest BCUT2D eigenvalue weighted by molar-refractivity contribution is 0.147. The van der Waals surface area contributed by atoms with Crippen LogP contribution in [-0.4, -0.2) is 24.5 Å². The maximum atomic E-state index is 9.03. The minimum absolute atomic E-state index is 0.0891. The molecule has 2 unspecified atom stereocenters. The number of hydrogen-bond donors (Lipinski definition) is 0. The summed E-state index contributed by atoms with van der Waals surface area (Å²) in [5, 5.41) is 9.03. The molecule has 0 aromatic heterocycles. The molecule has 0 N–H and O–H groups in total. The quantitative estimate of drug-likeness (QED) is 0.509. The zero-order valence-electron chi connectivity index (χ0n) is 6.58. The molecule has 3 saturated heterocycles. The molecule has 4 bridgehead atoms. The number of piperidine rings is 2. The molecule has 58 valence electrons. The molecule has 4 aliphatic rings. The van der Waals surface area contributed by atoms with E-state index in [1.807, 2.05) is 0 Å². The van der Waals surface area contributed by atoms with Gasteiger partial charge in [-0.05, 0) is 24.7 Å². The summed E-state index contributed by atoms with van der Waals surface area (Å²) < 4.78 is 0. The first kappa shape index (κ1) is 6.02. The van der Waals surface area contributed by atoms with Gasteiger partial charge in [0.1, 0.15) is 0 Å². The second-order valence-electron chi connectivity index (χ2n) is 4.51. The lowest BCUT2D eigenvalue weighted by Gasteiger charge is -2.34. The Labute approximate surface area is 66.8 Å². The van der Waals surface area contributed by atoms with E-state index in [9.17, 15) is 0 Å². The van der Waals surface area contributed by atoms with Gasteiger partial charge >= 0.3 is 0 Å². The van der Waals surface area contributed by atoms with Crippen molar-refractivity contribution in [3.8, 4) is 6.07 Å². The van der Waals surface area contributed by atoms with E-state index in [-0.39, 0.29) is 5.41 Å². The number of nitriles is 1. The summed E-state index contributed by atoms with van der Waals surface area (Å²) in [6.07, 6.45) is 2.40. The van der Waals surface area contributed by atoms with Crippen molar-refractivity contribution in [1.82, 2.24) is 4.90 Å². The second kappa shape index (κ2) is 1.61. The molecule has 0 aromatic carbocycles. The highest BCUT2D eigenvalue weighted by Gasteiger charge is 2.55. The average molecular weight is 148 g/mol. The Morgan fingerprint density at radius 3 is 2.36 bits per heavy atom. The maximum Gasteiger partial charge on any atom is 0.0707 e. The monoisotopic (exact) mass is 148 g/mol. The normalized spacial score (nSPS) is 58.3. The molecule has 2 atom stereocenters. The van der Waals surface area contributed by atoms with Crippen molar-refractivity contribution in [2.45, 2.75) is 12.8 Å². The van der Waals surface area contributed by atoms with Crippen LogP contribution in [-0.2, 0) is 0 Å². The van der Waals surface area contributed by atoms with E-state index in [0.717, 1.165) is 18.4 Å². The average Bonchev–Trinajstić information content (AvgIpc) is 2.40. The summed E-state index contributed by atoms with van der Waals surface area (Å²) in [4.78, 5) is 2.48. The van der Waals surface area contributed by atoms with Gasteiger partial charge in [-0.1, -0.05) is 0 Å². The molecular weight excluding hydrogens is 136 g/mol. The molecule has 3 aliphatic heterocycles. The summed E-state index contributed by atoms with van der Waals surface area (Å²) in [7, 11) is 0. The third-order valence-electron chi connectivity index (χ3n) is 3.72. The molecule has 1 saturated carbocycles. The van der Waals surface area contributed by atoms with E-state index in [1.54, 1.807) is 0 Å². The van der Waals surface area contributed by atoms with Crippen LogP contribution in [0.2, 0.25) is 0 Å². The van der Waals surface area contributed by atoms with Crippen LogP contribution in [0.3, 0.4) is 0 Å². The van der Waals surface area contributed by atoms with Crippen LogP contribution in [0, 0.1) is 28.6 Å². The number of hydrogen-bond acceptors (Lipinski definition) is 2. The molecule has 0 aromatic rings. The topological polar surface area (TPSA) is 27.0 Å². The molecule has 0 amide bonds. The van der Waals surface area contributed by atoms with E-state index in [1.165, 1.54) is 25.9 Å². The van der Waals surface area contributed by atoms with E-state index < -0.39 is 0 Å². The SMILES string of the molecule is N#CC12CC3CN(CC3C1)C2. The van der Waals surface area contributed by atoms with Gasteiger partial charge in [-0.15, -0.1) is 0 Å². The van der Waals surface area contributed by atoms with Gasteiger partial charge in [0.2, 0.25) is 0 Å². The summed E-state index contributed by atoms with van der Waals surface area (Å²) in [6, 6.07) is 2.53. The Balaban J connectivity index is 2.02. The summed E-state index contributed by atoms with van der Waals surface area (Å²) in [5.41, 5.74) is 0.0891. The third-order valence-corrected chi connectivity index (χ3v) is 3.72. The van der Waals surface area contributed by atoms with Crippen LogP contribution in [0.25, 0.3) is 0 Å². The molecule has 3 heterocycles. The molecule has 2 nitrogen and oxygen atoms in total. The van der Waals surface area contributed by atoms with Gasteiger partial charge in [0.05, 0.1) is 11.5 Å². The van der Waals surface area contributed by atoms with E-state index in [4.69, 9.17) is 5.26 Å². The molecule has 2 heteroatoms. The maximum absolute atomic E-state index is 9.03. The zero-order valence-corrected chi connectivity index (χ0v) is 6.58. The van der Waals surface area contributed by atoms with Crippen molar-refractivity contribution in [1.29, 1.82) is 5.26 Å². The van der Waals surface area contributed by atoms with Crippen molar-refractivity contribution in [2.75, 3.05) is 19.6 Å². The third kappa shape index (κ3) is 0.605. The molecular formula is C9H12N2. The van der Waals surface area contributed by atoms with Crippen LogP contribution in [0.15, 0.2) is 0 Å². The fourth-order valence-corrected chi connectivity index (χ4v) is 3.40. The van der Waals surface area contributed by atoms with E-state index in [0.29, 0.717) is 0 Å². The zero-order chi connectivity index (χ0) is 7.47. The van der Waals surface area contributed by atoms with Gasteiger partial charge in [0, 0.05) is 19.6 Å². The Bertz CT molecular complexity index is 221. The number of nitrogens with zero attached hydrogens (tertiary/aromatic N) is 2. The van der Waals surface area contributed by atoms with Crippen LogP contribution in [0.1, 0.15) is 12.8 Å². The summed E-state index contributed by atoms with van der Waals surface area (Å²) >= 11 is 0. The van der Waals surface area contributed by atoms with Gasteiger partial charge in [0.15, 0.2) is 0 Å². The Morgan fingerprint density at radius 1 is 1.27 bits per heavy atom. The lowest BCUT2D eigenvalue weighted by atomic mass is 9.83.